The van der Waals surface area contributed by atoms with E-state index >= 15 is 0 Å². The Morgan fingerprint density at radius 1 is 1.64 bits per heavy atom. The summed E-state index contributed by atoms with van der Waals surface area (Å²) in [7, 11) is 0. The maximum Gasteiger partial charge on any atom is 0.248 e. The third-order valence-electron chi connectivity index (χ3n) is 2.11. The molecule has 11 heavy (non-hydrogen) atoms. The lowest BCUT2D eigenvalue weighted by Crippen LogP contribution is -2.36. The second-order valence-corrected chi connectivity index (χ2v) is 3.48. The number of aldehydes is 1. The van der Waals surface area contributed by atoms with Crippen LogP contribution >= 0.6 is 0 Å². The Bertz CT molecular complexity index is 148. The van der Waals surface area contributed by atoms with Crippen molar-refractivity contribution in [2.45, 2.75) is 32.1 Å². The number of carbonyl (C=O) groups excluding carboxylic acids is 1. The van der Waals surface area contributed by atoms with Crippen molar-refractivity contribution in [1.82, 2.24) is 0 Å². The van der Waals surface area contributed by atoms with Crippen LogP contribution in [0.25, 0.3) is 0 Å². The first-order chi connectivity index (χ1) is 5.03. The molecule has 0 N–H and O–H groups in total. The van der Waals surface area contributed by atoms with Crippen molar-refractivity contribution >= 4 is 6.29 Å². The summed E-state index contributed by atoms with van der Waals surface area (Å²) in [4.78, 5) is 10.2. The van der Waals surface area contributed by atoms with Gasteiger partial charge in [0, 0.05) is 18.8 Å². The van der Waals surface area contributed by atoms with Gasteiger partial charge in [-0.1, -0.05) is 6.92 Å². The molecule has 0 spiro atoms. The smallest absolute Gasteiger partial charge is 0.248 e. The van der Waals surface area contributed by atoms with Gasteiger partial charge in [-0.2, -0.15) is 0 Å². The minimum Gasteiger partial charge on any atom is -0.303 e. The molecule has 0 heterocycles. The largest absolute Gasteiger partial charge is 0.303 e. The summed E-state index contributed by atoms with van der Waals surface area (Å²) in [5, 5.41) is 0. The highest BCUT2D eigenvalue weighted by Crippen LogP contribution is 2.44. The molecule has 0 aliphatic heterocycles. The van der Waals surface area contributed by atoms with E-state index in [2.05, 4.69) is 0 Å². The maximum absolute atomic E-state index is 12.3. The van der Waals surface area contributed by atoms with E-state index in [1.54, 1.807) is 6.92 Å². The molecule has 1 unspecified atom stereocenters. The molecule has 1 saturated carbocycles. The van der Waals surface area contributed by atoms with E-state index in [0.29, 0.717) is 6.42 Å². The van der Waals surface area contributed by atoms with Crippen molar-refractivity contribution < 1.29 is 13.6 Å². The molecule has 1 nitrogen and oxygen atoms in total. The second kappa shape index (κ2) is 2.88. The van der Waals surface area contributed by atoms with Gasteiger partial charge in [0.1, 0.15) is 6.29 Å². The molecule has 1 atom stereocenters. The van der Waals surface area contributed by atoms with Crippen LogP contribution in [0.1, 0.15) is 26.2 Å². The molecule has 3 heteroatoms. The first-order valence-electron chi connectivity index (χ1n) is 3.86. The predicted molar refractivity (Wildman–Crippen MR) is 37.5 cm³/mol. The van der Waals surface area contributed by atoms with E-state index in [-0.39, 0.29) is 24.7 Å². The van der Waals surface area contributed by atoms with Gasteiger partial charge in [0.05, 0.1) is 0 Å². The summed E-state index contributed by atoms with van der Waals surface area (Å²) >= 11 is 0. The summed E-state index contributed by atoms with van der Waals surface area (Å²) in [6, 6.07) is 0. The molecule has 0 aromatic rings. The Morgan fingerprint density at radius 2 is 2.18 bits per heavy atom. The number of hydrogen-bond donors (Lipinski definition) is 0. The summed E-state index contributed by atoms with van der Waals surface area (Å²) in [6.45, 7) is 1.77. The van der Waals surface area contributed by atoms with Crippen LogP contribution in [0.15, 0.2) is 0 Å². The lowest BCUT2D eigenvalue weighted by Gasteiger charge is -2.35. The zero-order valence-electron chi connectivity index (χ0n) is 6.52. The normalized spacial score (nSPS) is 25.7. The van der Waals surface area contributed by atoms with E-state index in [1.165, 1.54) is 0 Å². The van der Waals surface area contributed by atoms with Crippen molar-refractivity contribution in [3.05, 3.63) is 0 Å². The van der Waals surface area contributed by atoms with E-state index in [9.17, 15) is 13.6 Å². The lowest BCUT2D eigenvalue weighted by atomic mass is 9.76. The molecule has 0 saturated heterocycles. The highest BCUT2D eigenvalue weighted by Gasteiger charge is 2.45. The molecule has 0 amide bonds. The van der Waals surface area contributed by atoms with Crippen molar-refractivity contribution in [1.29, 1.82) is 0 Å². The summed E-state index contributed by atoms with van der Waals surface area (Å²) in [5.41, 5.74) is 0. The van der Waals surface area contributed by atoms with Gasteiger partial charge in [0.15, 0.2) is 0 Å². The fourth-order valence-electron chi connectivity index (χ4n) is 1.53. The van der Waals surface area contributed by atoms with Gasteiger partial charge >= 0.3 is 0 Å². The Balaban J connectivity index is 2.18. The van der Waals surface area contributed by atoms with Gasteiger partial charge in [0.25, 0.3) is 0 Å². The Morgan fingerprint density at radius 3 is 2.55 bits per heavy atom. The summed E-state index contributed by atoms with van der Waals surface area (Å²) in [5.74, 6) is -2.42. The van der Waals surface area contributed by atoms with Crippen molar-refractivity contribution in [3.8, 4) is 0 Å². The number of alkyl halides is 2. The van der Waals surface area contributed by atoms with Gasteiger partial charge in [0.2, 0.25) is 5.92 Å². The average molecular weight is 162 g/mol. The molecule has 0 bridgehead atoms. The zero-order valence-corrected chi connectivity index (χ0v) is 6.52. The minimum atomic E-state index is -2.44. The Labute approximate surface area is 64.8 Å². The molecule has 64 valence electrons. The Hall–Kier alpha value is -0.470. The first-order valence-corrected chi connectivity index (χ1v) is 3.86. The fraction of sp³-hybridized carbons (Fsp3) is 0.875. The summed E-state index contributed by atoms with van der Waals surface area (Å²) < 4.78 is 24.5. The topological polar surface area (TPSA) is 17.1 Å². The average Bonchev–Trinajstić information content (AvgIpc) is 1.83. The molecule has 0 aromatic heterocycles. The van der Waals surface area contributed by atoms with Gasteiger partial charge < -0.3 is 4.79 Å². The highest BCUT2D eigenvalue weighted by atomic mass is 19.3. The quantitative estimate of drug-likeness (QED) is 0.582. The highest BCUT2D eigenvalue weighted by molar-refractivity contribution is 5.52. The van der Waals surface area contributed by atoms with Crippen LogP contribution < -0.4 is 0 Å². The number of carbonyl (C=O) groups is 1. The number of halogens is 2. The number of rotatable bonds is 3. The van der Waals surface area contributed by atoms with Crippen molar-refractivity contribution in [2.24, 2.45) is 11.8 Å². The Kier molecular flexibility index (Phi) is 2.25. The SMILES string of the molecule is CC(C=O)CC1CC(F)(F)C1. The minimum absolute atomic E-state index is 0.0226. The van der Waals surface area contributed by atoms with Gasteiger partial charge in [-0.15, -0.1) is 0 Å². The van der Waals surface area contributed by atoms with Crippen LogP contribution in [0.5, 0.6) is 0 Å². The molecular weight excluding hydrogens is 150 g/mol. The standard InChI is InChI=1S/C8H12F2O/c1-6(5-11)2-7-3-8(9,10)4-7/h5-7H,2-4H2,1H3. The van der Waals surface area contributed by atoms with Crippen LogP contribution in [-0.2, 0) is 4.79 Å². The molecule has 0 aromatic carbocycles. The van der Waals surface area contributed by atoms with Crippen LogP contribution in [0, 0.1) is 11.8 Å². The molecule has 1 fully saturated rings. The van der Waals surface area contributed by atoms with E-state index in [1.807, 2.05) is 0 Å². The van der Waals surface area contributed by atoms with Crippen LogP contribution in [-0.4, -0.2) is 12.2 Å². The second-order valence-electron chi connectivity index (χ2n) is 3.48. The monoisotopic (exact) mass is 162 g/mol. The zero-order chi connectivity index (χ0) is 8.48. The van der Waals surface area contributed by atoms with Crippen LogP contribution in [0.2, 0.25) is 0 Å². The summed E-state index contributed by atoms with van der Waals surface area (Å²) in [6.07, 6.45) is 1.41. The maximum atomic E-state index is 12.3. The lowest BCUT2D eigenvalue weighted by molar-refractivity contribution is -0.122. The fourth-order valence-corrected chi connectivity index (χ4v) is 1.53. The van der Waals surface area contributed by atoms with Gasteiger partial charge in [-0.3, -0.25) is 0 Å². The van der Waals surface area contributed by atoms with Crippen LogP contribution in [0.3, 0.4) is 0 Å². The van der Waals surface area contributed by atoms with E-state index < -0.39 is 5.92 Å². The van der Waals surface area contributed by atoms with Crippen molar-refractivity contribution in [2.75, 3.05) is 0 Å². The van der Waals surface area contributed by atoms with E-state index in [0.717, 1.165) is 6.29 Å². The molecule has 1 aliphatic carbocycles. The predicted octanol–water partition coefficient (Wildman–Crippen LogP) is 2.26. The number of hydrogen-bond acceptors (Lipinski definition) is 1. The molecule has 1 rings (SSSR count). The van der Waals surface area contributed by atoms with Gasteiger partial charge in [-0.25, -0.2) is 8.78 Å². The molecular formula is C8H12F2O. The third-order valence-corrected chi connectivity index (χ3v) is 2.11. The van der Waals surface area contributed by atoms with Crippen LogP contribution in [0.4, 0.5) is 8.78 Å². The molecule has 0 radical (unpaired) electrons. The third kappa shape index (κ3) is 2.24. The van der Waals surface area contributed by atoms with E-state index in [4.69, 9.17) is 0 Å². The van der Waals surface area contributed by atoms with Gasteiger partial charge in [-0.05, 0) is 12.3 Å². The molecule has 1 aliphatic rings. The first kappa shape index (κ1) is 8.62. The van der Waals surface area contributed by atoms with Crippen molar-refractivity contribution in [3.63, 3.8) is 0 Å².